The van der Waals surface area contributed by atoms with Crippen LogP contribution in [0.3, 0.4) is 0 Å². The molecule has 38 heavy (non-hydrogen) atoms. The van der Waals surface area contributed by atoms with Crippen LogP contribution in [0.25, 0.3) is 0 Å². The van der Waals surface area contributed by atoms with Gasteiger partial charge in [0.15, 0.2) is 16.7 Å². The fourth-order valence-corrected chi connectivity index (χ4v) is 5.24. The maximum atomic E-state index is 13.3. The van der Waals surface area contributed by atoms with E-state index < -0.39 is 12.0 Å². The number of thioether (sulfide) groups is 1. The summed E-state index contributed by atoms with van der Waals surface area (Å²) in [5, 5.41) is 5.41. The van der Waals surface area contributed by atoms with E-state index in [-0.39, 0.29) is 30.8 Å². The number of carbonyl (C=O) groups is 2. The number of methoxy groups -OCH3 is 2. The number of carbonyl (C=O) groups excluding carboxylic acids is 2. The third-order valence-corrected chi connectivity index (χ3v) is 6.92. The smallest absolute Gasteiger partial charge is 0.338 e. The Balaban J connectivity index is 1.65. The summed E-state index contributed by atoms with van der Waals surface area (Å²) in [6, 6.07) is 10.8. The first-order valence-corrected chi connectivity index (χ1v) is 13.0. The Morgan fingerprint density at radius 1 is 1.11 bits per heavy atom. The Morgan fingerprint density at radius 2 is 1.82 bits per heavy atom. The first kappa shape index (κ1) is 27.3. The Labute approximate surface area is 225 Å². The zero-order chi connectivity index (χ0) is 27.4. The molecule has 1 atom stereocenters. The summed E-state index contributed by atoms with van der Waals surface area (Å²) in [5.74, 6) is 0.0436. The molecule has 2 aromatic carbocycles. The minimum Gasteiger partial charge on any atom is -0.493 e. The second-order valence-electron chi connectivity index (χ2n) is 9.04. The van der Waals surface area contributed by atoms with Crippen LogP contribution in [0.15, 0.2) is 69.8 Å². The van der Waals surface area contributed by atoms with Crippen LogP contribution in [0.5, 0.6) is 11.5 Å². The summed E-state index contributed by atoms with van der Waals surface area (Å²) in [7, 11) is 3.10. The van der Waals surface area contributed by atoms with E-state index in [4.69, 9.17) is 14.2 Å². The summed E-state index contributed by atoms with van der Waals surface area (Å²) in [6.07, 6.45) is -0.262. The standard InChI is InChI=1S/C28H30FN3O5S/c1-16(2)37-27(34)25-17(3)31-28-32(26(25)19-8-11-22(35-4)23(12-19)36-5)21(15-38-28)13-24(33)30-14-18-6-9-20(29)10-7-18/h6-12,15-16,26H,13-14H2,1-5H3,(H,30,33). The number of amides is 1. The van der Waals surface area contributed by atoms with Gasteiger partial charge in [0, 0.05) is 12.2 Å². The Kier molecular flexibility index (Phi) is 8.41. The molecule has 0 saturated carbocycles. The number of hydrogen-bond donors (Lipinski definition) is 1. The number of halogens is 1. The molecule has 10 heteroatoms. The average Bonchev–Trinajstić information content (AvgIpc) is 3.28. The van der Waals surface area contributed by atoms with E-state index in [1.807, 2.05) is 22.4 Å². The lowest BCUT2D eigenvalue weighted by molar-refractivity contribution is -0.143. The first-order chi connectivity index (χ1) is 18.2. The number of nitrogens with zero attached hydrogens (tertiary/aromatic N) is 2. The zero-order valence-electron chi connectivity index (χ0n) is 21.9. The fourth-order valence-electron chi connectivity index (χ4n) is 4.28. The molecule has 1 unspecified atom stereocenters. The molecule has 4 rings (SSSR count). The summed E-state index contributed by atoms with van der Waals surface area (Å²) >= 11 is 1.39. The van der Waals surface area contributed by atoms with Crippen LogP contribution in [0.2, 0.25) is 0 Å². The van der Waals surface area contributed by atoms with Crippen molar-refractivity contribution < 1.29 is 28.2 Å². The van der Waals surface area contributed by atoms with Crippen LogP contribution in [-0.4, -0.2) is 42.3 Å². The van der Waals surface area contributed by atoms with E-state index in [9.17, 15) is 14.0 Å². The van der Waals surface area contributed by atoms with Crippen molar-refractivity contribution in [1.29, 1.82) is 0 Å². The minimum atomic E-state index is -0.597. The van der Waals surface area contributed by atoms with Gasteiger partial charge >= 0.3 is 5.97 Å². The van der Waals surface area contributed by atoms with Crippen molar-refractivity contribution in [2.45, 2.75) is 45.9 Å². The second kappa shape index (κ2) is 11.7. The van der Waals surface area contributed by atoms with Crippen LogP contribution in [0.1, 0.15) is 44.4 Å². The third-order valence-electron chi connectivity index (χ3n) is 6.03. The highest BCUT2D eigenvalue weighted by Gasteiger charge is 2.41. The van der Waals surface area contributed by atoms with Gasteiger partial charge in [-0.25, -0.2) is 14.2 Å². The molecule has 8 nitrogen and oxygen atoms in total. The summed E-state index contributed by atoms with van der Waals surface area (Å²) in [4.78, 5) is 32.8. The largest absolute Gasteiger partial charge is 0.493 e. The Bertz CT molecular complexity index is 1320. The van der Waals surface area contributed by atoms with Gasteiger partial charge in [-0.2, -0.15) is 0 Å². The molecule has 200 valence electrons. The Morgan fingerprint density at radius 3 is 2.47 bits per heavy atom. The number of rotatable bonds is 9. The summed E-state index contributed by atoms with van der Waals surface area (Å²) in [6.45, 7) is 5.63. The van der Waals surface area contributed by atoms with Crippen LogP contribution in [-0.2, 0) is 20.9 Å². The minimum absolute atomic E-state index is 0.0581. The Hall–Kier alpha value is -3.79. The first-order valence-electron chi connectivity index (χ1n) is 12.1. The maximum absolute atomic E-state index is 13.3. The van der Waals surface area contributed by atoms with E-state index in [2.05, 4.69) is 10.3 Å². The van der Waals surface area contributed by atoms with E-state index in [0.29, 0.717) is 33.6 Å². The lowest BCUT2D eigenvalue weighted by Gasteiger charge is -2.36. The van der Waals surface area contributed by atoms with Gasteiger partial charge < -0.3 is 24.4 Å². The van der Waals surface area contributed by atoms with Crippen molar-refractivity contribution in [3.8, 4) is 11.5 Å². The lowest BCUT2D eigenvalue weighted by atomic mass is 9.93. The van der Waals surface area contributed by atoms with Crippen molar-refractivity contribution >= 4 is 28.8 Å². The second-order valence-corrected chi connectivity index (χ2v) is 9.88. The van der Waals surface area contributed by atoms with Gasteiger partial charge in [-0.05, 0) is 61.6 Å². The van der Waals surface area contributed by atoms with Crippen molar-refractivity contribution in [3.05, 3.63) is 81.8 Å². The van der Waals surface area contributed by atoms with Gasteiger partial charge in [0.1, 0.15) is 5.82 Å². The van der Waals surface area contributed by atoms with Gasteiger partial charge in [0.05, 0.1) is 44.1 Å². The normalized spacial score (nSPS) is 16.6. The molecule has 0 aromatic heterocycles. The molecule has 0 spiro atoms. The third kappa shape index (κ3) is 5.85. The number of fused-ring (bicyclic) bond motifs is 1. The number of esters is 1. The average molecular weight is 540 g/mol. The van der Waals surface area contributed by atoms with E-state index in [0.717, 1.165) is 11.1 Å². The summed E-state index contributed by atoms with van der Waals surface area (Å²) < 4.78 is 29.7. The topological polar surface area (TPSA) is 89.5 Å². The molecule has 2 aliphatic heterocycles. The van der Waals surface area contributed by atoms with Crippen molar-refractivity contribution in [3.63, 3.8) is 0 Å². The molecule has 1 N–H and O–H groups in total. The highest BCUT2D eigenvalue weighted by molar-refractivity contribution is 8.16. The highest BCUT2D eigenvalue weighted by Crippen LogP contribution is 2.46. The monoisotopic (exact) mass is 539 g/mol. The fraction of sp³-hybridized carbons (Fsp3) is 0.321. The molecular formula is C28H30FN3O5S. The molecule has 2 aromatic rings. The number of ether oxygens (including phenoxy) is 3. The van der Waals surface area contributed by atoms with Gasteiger partial charge in [-0.15, -0.1) is 0 Å². The van der Waals surface area contributed by atoms with Crippen LogP contribution in [0.4, 0.5) is 4.39 Å². The quantitative estimate of drug-likeness (QED) is 0.445. The van der Waals surface area contributed by atoms with Gasteiger partial charge in [-0.3, -0.25) is 4.79 Å². The van der Waals surface area contributed by atoms with Crippen molar-refractivity contribution in [1.82, 2.24) is 10.2 Å². The molecule has 0 saturated heterocycles. The van der Waals surface area contributed by atoms with E-state index in [1.165, 1.54) is 23.9 Å². The van der Waals surface area contributed by atoms with Crippen molar-refractivity contribution in [2.24, 2.45) is 4.99 Å². The van der Waals surface area contributed by atoms with Gasteiger partial charge in [-0.1, -0.05) is 30.0 Å². The predicted octanol–water partition coefficient (Wildman–Crippen LogP) is 5.08. The molecule has 0 fully saturated rings. The SMILES string of the molecule is COc1ccc(C2C(C(=O)OC(C)C)=C(C)N=C3SC=C(CC(=O)NCc4ccc(F)cc4)N32)cc1OC. The molecular weight excluding hydrogens is 509 g/mol. The number of allylic oxidation sites excluding steroid dienone is 1. The van der Waals surface area contributed by atoms with Crippen LogP contribution >= 0.6 is 11.8 Å². The number of hydrogen-bond acceptors (Lipinski definition) is 8. The highest BCUT2D eigenvalue weighted by atomic mass is 32.2. The van der Waals surface area contributed by atoms with Gasteiger partial charge in [0.2, 0.25) is 5.91 Å². The number of nitrogens with one attached hydrogen (secondary N) is 1. The zero-order valence-corrected chi connectivity index (χ0v) is 22.7. The number of aliphatic imine (C=N–C) groups is 1. The lowest BCUT2D eigenvalue weighted by Crippen LogP contribution is -2.38. The summed E-state index contributed by atoms with van der Waals surface area (Å²) in [5.41, 5.74) is 3.16. The predicted molar refractivity (Wildman–Crippen MR) is 144 cm³/mol. The number of amidine groups is 1. The molecule has 2 aliphatic rings. The molecule has 0 radical (unpaired) electrons. The van der Waals surface area contributed by atoms with Gasteiger partial charge in [0.25, 0.3) is 0 Å². The number of benzene rings is 2. The molecule has 0 bridgehead atoms. The van der Waals surface area contributed by atoms with Crippen LogP contribution < -0.4 is 14.8 Å². The van der Waals surface area contributed by atoms with Crippen LogP contribution in [0, 0.1) is 5.82 Å². The van der Waals surface area contributed by atoms with E-state index in [1.54, 1.807) is 53.2 Å². The molecule has 2 heterocycles. The van der Waals surface area contributed by atoms with Crippen molar-refractivity contribution in [2.75, 3.05) is 14.2 Å². The van der Waals surface area contributed by atoms with E-state index >= 15 is 0 Å². The molecule has 1 amide bonds. The maximum Gasteiger partial charge on any atom is 0.338 e. The molecule has 0 aliphatic carbocycles.